The zero-order valence-corrected chi connectivity index (χ0v) is 15.5. The van der Waals surface area contributed by atoms with Crippen molar-refractivity contribution in [3.8, 4) is 5.75 Å². The average Bonchev–Trinajstić information content (AvgIpc) is 2.86. The molecule has 0 spiro atoms. The van der Waals surface area contributed by atoms with Crippen molar-refractivity contribution in [1.29, 1.82) is 0 Å². The summed E-state index contributed by atoms with van der Waals surface area (Å²) < 4.78 is 5.90. The number of para-hydroxylation sites is 1. The molecule has 26 heavy (non-hydrogen) atoms. The number of nitrogens with zero attached hydrogens (tertiary/aromatic N) is 2. The van der Waals surface area contributed by atoms with E-state index < -0.39 is 5.60 Å². The van der Waals surface area contributed by atoms with Gasteiger partial charge in [-0.05, 0) is 61.8 Å². The number of benzene rings is 1. The Bertz CT molecular complexity index is 736. The number of likely N-dealkylation sites (tertiary alicyclic amines) is 1. The van der Waals surface area contributed by atoms with E-state index in [9.17, 15) is 5.11 Å². The van der Waals surface area contributed by atoms with Crippen molar-refractivity contribution in [3.05, 3.63) is 59.4 Å². The Kier molecular flexibility index (Phi) is 4.96. The van der Waals surface area contributed by atoms with Crippen LogP contribution in [0.3, 0.4) is 0 Å². The van der Waals surface area contributed by atoms with E-state index in [1.54, 1.807) is 0 Å². The first-order valence-corrected chi connectivity index (χ1v) is 9.71. The van der Waals surface area contributed by atoms with Crippen molar-refractivity contribution in [2.45, 2.75) is 38.2 Å². The average molecular weight is 352 g/mol. The van der Waals surface area contributed by atoms with Crippen LogP contribution in [0.25, 0.3) is 0 Å². The molecular weight excluding hydrogens is 324 g/mol. The molecule has 1 fully saturated rings. The first-order valence-electron chi connectivity index (χ1n) is 9.71. The van der Waals surface area contributed by atoms with Crippen LogP contribution in [0.15, 0.2) is 42.6 Å². The third-order valence-electron chi connectivity index (χ3n) is 5.85. The smallest absolute Gasteiger partial charge is 0.122 e. The summed E-state index contributed by atoms with van der Waals surface area (Å²) >= 11 is 0. The Labute approximate surface area is 155 Å². The normalized spacial score (nSPS) is 22.9. The fraction of sp³-hybridized carbons (Fsp3) is 0.500. The molecule has 138 valence electrons. The maximum atomic E-state index is 11.0. The van der Waals surface area contributed by atoms with E-state index in [2.05, 4.69) is 28.1 Å². The number of pyridine rings is 1. The molecule has 2 aliphatic heterocycles. The lowest BCUT2D eigenvalue weighted by molar-refractivity contribution is -0.0324. The fourth-order valence-corrected chi connectivity index (χ4v) is 4.19. The topological polar surface area (TPSA) is 45.6 Å². The number of aryl methyl sites for hydroxylation is 1. The van der Waals surface area contributed by atoms with Crippen LogP contribution < -0.4 is 4.74 Å². The van der Waals surface area contributed by atoms with Crippen molar-refractivity contribution < 1.29 is 9.84 Å². The molecular formula is C22H28N2O2. The van der Waals surface area contributed by atoms with Gasteiger partial charge >= 0.3 is 0 Å². The Morgan fingerprint density at radius 3 is 2.77 bits per heavy atom. The maximum absolute atomic E-state index is 11.0. The van der Waals surface area contributed by atoms with Crippen LogP contribution in [-0.2, 0) is 12.0 Å². The summed E-state index contributed by atoms with van der Waals surface area (Å²) in [6, 6.07) is 12.4. The lowest BCUT2D eigenvalue weighted by Gasteiger charge is -2.39. The number of aliphatic hydroxyl groups is 1. The summed E-state index contributed by atoms with van der Waals surface area (Å²) in [5, 5.41) is 11.0. The molecule has 3 heterocycles. The second kappa shape index (κ2) is 7.37. The molecule has 0 bridgehead atoms. The van der Waals surface area contributed by atoms with E-state index >= 15 is 0 Å². The van der Waals surface area contributed by atoms with Crippen LogP contribution in [0.1, 0.15) is 36.1 Å². The van der Waals surface area contributed by atoms with Gasteiger partial charge < -0.3 is 14.7 Å². The van der Waals surface area contributed by atoms with Crippen LogP contribution >= 0.6 is 0 Å². The number of piperidine rings is 1. The number of ether oxygens (including phenoxy) is 1. The Morgan fingerprint density at radius 2 is 2.00 bits per heavy atom. The molecule has 2 aliphatic rings. The van der Waals surface area contributed by atoms with Crippen molar-refractivity contribution in [2.24, 2.45) is 5.92 Å². The highest BCUT2D eigenvalue weighted by molar-refractivity contribution is 5.34. The molecule has 2 aromatic rings. The highest BCUT2D eigenvalue weighted by Gasteiger charge is 2.35. The number of rotatable bonds is 3. The molecule has 1 aromatic heterocycles. The first-order chi connectivity index (χ1) is 12.6. The van der Waals surface area contributed by atoms with Gasteiger partial charge in [0.1, 0.15) is 11.4 Å². The zero-order chi connectivity index (χ0) is 18.0. The summed E-state index contributed by atoms with van der Waals surface area (Å²) in [6.45, 7) is 5.75. The van der Waals surface area contributed by atoms with Gasteiger partial charge in [-0.3, -0.25) is 4.98 Å². The van der Waals surface area contributed by atoms with Gasteiger partial charge in [-0.15, -0.1) is 0 Å². The second-order valence-corrected chi connectivity index (χ2v) is 7.87. The van der Waals surface area contributed by atoms with Gasteiger partial charge in [-0.1, -0.05) is 24.3 Å². The standard InChI is InChI=1S/C22H28N2O2/c1-17-6-7-21(23-15-17)22(25)9-11-24(12-10-22)16-18-8-13-26-20-5-3-2-4-19(20)14-18/h2-7,15,18,25H,8-14,16H2,1H3. The van der Waals surface area contributed by atoms with Crippen molar-refractivity contribution in [3.63, 3.8) is 0 Å². The first kappa shape index (κ1) is 17.5. The van der Waals surface area contributed by atoms with Crippen LogP contribution in [0.2, 0.25) is 0 Å². The SMILES string of the molecule is Cc1ccc(C2(O)CCN(CC3CCOc4ccccc4C3)CC2)nc1. The van der Waals surface area contributed by atoms with Gasteiger partial charge in [0.05, 0.1) is 12.3 Å². The summed E-state index contributed by atoms with van der Waals surface area (Å²) in [5.41, 5.74) is 2.50. The highest BCUT2D eigenvalue weighted by atomic mass is 16.5. The zero-order valence-electron chi connectivity index (χ0n) is 15.5. The van der Waals surface area contributed by atoms with E-state index in [0.717, 1.165) is 68.9 Å². The Morgan fingerprint density at radius 1 is 1.19 bits per heavy atom. The molecule has 1 unspecified atom stereocenters. The molecule has 1 aromatic carbocycles. The number of hydrogen-bond donors (Lipinski definition) is 1. The maximum Gasteiger partial charge on any atom is 0.122 e. The lowest BCUT2D eigenvalue weighted by Crippen LogP contribution is -2.44. The van der Waals surface area contributed by atoms with Crippen molar-refractivity contribution in [2.75, 3.05) is 26.2 Å². The van der Waals surface area contributed by atoms with Gasteiger partial charge in [0.2, 0.25) is 0 Å². The predicted molar refractivity (Wildman–Crippen MR) is 102 cm³/mol. The minimum Gasteiger partial charge on any atom is -0.493 e. The quantitative estimate of drug-likeness (QED) is 0.920. The van der Waals surface area contributed by atoms with Gasteiger partial charge in [0.15, 0.2) is 0 Å². The van der Waals surface area contributed by atoms with Gasteiger partial charge in [0, 0.05) is 25.8 Å². The van der Waals surface area contributed by atoms with E-state index in [0.29, 0.717) is 5.92 Å². The summed E-state index contributed by atoms with van der Waals surface area (Å²) in [7, 11) is 0. The molecule has 0 saturated carbocycles. The summed E-state index contributed by atoms with van der Waals surface area (Å²) in [6.07, 6.45) is 5.53. The van der Waals surface area contributed by atoms with Crippen molar-refractivity contribution >= 4 is 0 Å². The molecule has 0 aliphatic carbocycles. The van der Waals surface area contributed by atoms with Crippen LogP contribution in [0.5, 0.6) is 5.75 Å². The van der Waals surface area contributed by atoms with E-state index in [4.69, 9.17) is 4.74 Å². The Hall–Kier alpha value is -1.91. The molecule has 1 atom stereocenters. The third kappa shape index (κ3) is 3.76. The summed E-state index contributed by atoms with van der Waals surface area (Å²) in [4.78, 5) is 6.97. The van der Waals surface area contributed by atoms with E-state index in [1.807, 2.05) is 31.3 Å². The largest absolute Gasteiger partial charge is 0.493 e. The molecule has 0 amide bonds. The second-order valence-electron chi connectivity index (χ2n) is 7.87. The molecule has 0 radical (unpaired) electrons. The van der Waals surface area contributed by atoms with Gasteiger partial charge in [-0.25, -0.2) is 0 Å². The van der Waals surface area contributed by atoms with E-state index in [1.165, 1.54) is 5.56 Å². The number of aromatic nitrogens is 1. The lowest BCUT2D eigenvalue weighted by atomic mass is 9.86. The van der Waals surface area contributed by atoms with Gasteiger partial charge in [-0.2, -0.15) is 0 Å². The van der Waals surface area contributed by atoms with Crippen LogP contribution in [-0.4, -0.2) is 41.2 Å². The minimum atomic E-state index is -0.774. The molecule has 4 heteroatoms. The monoisotopic (exact) mass is 352 g/mol. The van der Waals surface area contributed by atoms with Crippen molar-refractivity contribution in [1.82, 2.24) is 9.88 Å². The van der Waals surface area contributed by atoms with E-state index in [-0.39, 0.29) is 0 Å². The van der Waals surface area contributed by atoms with Crippen LogP contribution in [0, 0.1) is 12.8 Å². The third-order valence-corrected chi connectivity index (χ3v) is 5.85. The minimum absolute atomic E-state index is 0.613. The Balaban J connectivity index is 1.36. The fourth-order valence-electron chi connectivity index (χ4n) is 4.19. The summed E-state index contributed by atoms with van der Waals surface area (Å²) in [5.74, 6) is 1.66. The molecule has 4 rings (SSSR count). The van der Waals surface area contributed by atoms with Crippen LogP contribution in [0.4, 0.5) is 0 Å². The molecule has 4 nitrogen and oxygen atoms in total. The number of fused-ring (bicyclic) bond motifs is 1. The molecule has 1 N–H and O–H groups in total. The molecule has 1 saturated heterocycles. The van der Waals surface area contributed by atoms with Gasteiger partial charge in [0.25, 0.3) is 0 Å². The number of hydrogen-bond acceptors (Lipinski definition) is 4. The predicted octanol–water partition coefficient (Wildman–Crippen LogP) is 3.31. The highest BCUT2D eigenvalue weighted by Crippen LogP contribution is 2.33.